The summed E-state index contributed by atoms with van der Waals surface area (Å²) in [5.74, 6) is -0.0189. The van der Waals surface area contributed by atoms with E-state index >= 15 is 0 Å². The van der Waals surface area contributed by atoms with Crippen LogP contribution in [0.4, 0.5) is 11.4 Å². The lowest BCUT2D eigenvalue weighted by molar-refractivity contribution is -0.118. The van der Waals surface area contributed by atoms with Crippen LogP contribution in [0.2, 0.25) is 0 Å². The first-order chi connectivity index (χ1) is 12.7. The molecule has 3 aromatic rings. The molecule has 0 bridgehead atoms. The van der Waals surface area contributed by atoms with Gasteiger partial charge >= 0.3 is 0 Å². The van der Waals surface area contributed by atoms with Crippen molar-refractivity contribution in [2.45, 2.75) is 0 Å². The number of para-hydroxylation sites is 1. The number of benzene rings is 2. The van der Waals surface area contributed by atoms with Crippen LogP contribution in [0.3, 0.4) is 0 Å². The number of hydrogen-bond acceptors (Lipinski definition) is 4. The van der Waals surface area contributed by atoms with Crippen molar-refractivity contribution in [3.63, 3.8) is 0 Å². The Labute approximate surface area is 150 Å². The van der Waals surface area contributed by atoms with E-state index in [0.717, 1.165) is 0 Å². The molecule has 0 fully saturated rings. The number of hydrogen-bond donors (Lipinski definition) is 2. The molecule has 0 saturated carbocycles. The Morgan fingerprint density at radius 3 is 2.35 bits per heavy atom. The molecule has 0 saturated heterocycles. The summed E-state index contributed by atoms with van der Waals surface area (Å²) in [5, 5.41) is 5.52. The minimum absolute atomic E-state index is 0.128. The summed E-state index contributed by atoms with van der Waals surface area (Å²) < 4.78 is 5.49. The maximum absolute atomic E-state index is 12.2. The third-order valence-corrected chi connectivity index (χ3v) is 3.46. The van der Waals surface area contributed by atoms with Gasteiger partial charge in [0.05, 0.1) is 0 Å². The predicted molar refractivity (Wildman–Crippen MR) is 99.2 cm³/mol. The van der Waals surface area contributed by atoms with E-state index in [2.05, 4.69) is 15.6 Å². The zero-order chi connectivity index (χ0) is 18.2. The minimum Gasteiger partial charge on any atom is -0.484 e. The molecule has 3 rings (SSSR count). The molecule has 0 unspecified atom stereocenters. The van der Waals surface area contributed by atoms with Crippen molar-refractivity contribution in [1.29, 1.82) is 0 Å². The van der Waals surface area contributed by atoms with Gasteiger partial charge in [0.1, 0.15) is 5.75 Å². The molecule has 0 aliphatic rings. The highest BCUT2D eigenvalue weighted by atomic mass is 16.5. The molecule has 6 heteroatoms. The van der Waals surface area contributed by atoms with E-state index < -0.39 is 0 Å². The number of amides is 2. The van der Waals surface area contributed by atoms with Gasteiger partial charge in [-0.3, -0.25) is 14.6 Å². The molecule has 0 atom stereocenters. The molecule has 1 heterocycles. The molecule has 0 radical (unpaired) electrons. The fourth-order valence-electron chi connectivity index (χ4n) is 2.24. The summed E-state index contributed by atoms with van der Waals surface area (Å²) in [6, 6.07) is 19.3. The van der Waals surface area contributed by atoms with Crippen LogP contribution in [0.15, 0.2) is 79.1 Å². The Hall–Kier alpha value is -3.67. The number of nitrogens with one attached hydrogen (secondary N) is 2. The average molecular weight is 347 g/mol. The van der Waals surface area contributed by atoms with Crippen LogP contribution < -0.4 is 15.4 Å². The third kappa shape index (κ3) is 4.91. The fraction of sp³-hybridized carbons (Fsp3) is 0.0500. The molecular formula is C20H17N3O3. The highest BCUT2D eigenvalue weighted by Crippen LogP contribution is 2.18. The quantitative estimate of drug-likeness (QED) is 0.716. The SMILES string of the molecule is O=C(COc1cccc(NC(=O)c2ccncc2)c1)Nc1ccccc1. The molecule has 1 aromatic heterocycles. The molecule has 2 aromatic carbocycles. The summed E-state index contributed by atoms with van der Waals surface area (Å²) in [5.41, 5.74) is 1.79. The summed E-state index contributed by atoms with van der Waals surface area (Å²) in [4.78, 5) is 28.0. The van der Waals surface area contributed by atoms with Crippen LogP contribution in [-0.4, -0.2) is 23.4 Å². The lowest BCUT2D eigenvalue weighted by Gasteiger charge is -2.10. The molecule has 0 aliphatic heterocycles. The van der Waals surface area contributed by atoms with Crippen molar-refractivity contribution in [3.05, 3.63) is 84.7 Å². The number of nitrogens with zero attached hydrogens (tertiary/aromatic N) is 1. The monoisotopic (exact) mass is 347 g/mol. The maximum Gasteiger partial charge on any atom is 0.262 e. The van der Waals surface area contributed by atoms with Gasteiger partial charge in [-0.1, -0.05) is 24.3 Å². The van der Waals surface area contributed by atoms with Gasteiger partial charge in [-0.25, -0.2) is 0 Å². The van der Waals surface area contributed by atoms with Crippen molar-refractivity contribution in [2.24, 2.45) is 0 Å². The first kappa shape index (κ1) is 17.2. The lowest BCUT2D eigenvalue weighted by atomic mass is 10.2. The largest absolute Gasteiger partial charge is 0.484 e. The van der Waals surface area contributed by atoms with E-state index in [1.165, 1.54) is 0 Å². The first-order valence-corrected chi connectivity index (χ1v) is 8.00. The molecule has 0 aliphatic carbocycles. The number of ether oxygens (including phenoxy) is 1. The zero-order valence-electron chi connectivity index (χ0n) is 13.9. The molecule has 2 amide bonds. The minimum atomic E-state index is -0.262. The predicted octanol–water partition coefficient (Wildman–Crippen LogP) is 3.35. The second-order valence-electron chi connectivity index (χ2n) is 5.42. The number of carbonyl (C=O) groups excluding carboxylic acids is 2. The lowest BCUT2D eigenvalue weighted by Crippen LogP contribution is -2.20. The normalized spacial score (nSPS) is 10.0. The van der Waals surface area contributed by atoms with E-state index in [1.54, 1.807) is 60.9 Å². The third-order valence-electron chi connectivity index (χ3n) is 3.46. The van der Waals surface area contributed by atoms with Gasteiger partial charge in [-0.2, -0.15) is 0 Å². The van der Waals surface area contributed by atoms with Crippen LogP contribution in [0.1, 0.15) is 10.4 Å². The molecular weight excluding hydrogens is 330 g/mol. The van der Waals surface area contributed by atoms with Gasteiger partial charge in [0.2, 0.25) is 0 Å². The molecule has 130 valence electrons. The Balaban J connectivity index is 1.55. The van der Waals surface area contributed by atoms with Gasteiger partial charge in [0, 0.05) is 35.4 Å². The van der Waals surface area contributed by atoms with Gasteiger partial charge in [-0.15, -0.1) is 0 Å². The highest BCUT2D eigenvalue weighted by Gasteiger charge is 2.07. The van der Waals surface area contributed by atoms with Crippen LogP contribution in [0.5, 0.6) is 5.75 Å². The molecule has 2 N–H and O–H groups in total. The maximum atomic E-state index is 12.2. The topological polar surface area (TPSA) is 80.3 Å². The fourth-order valence-corrected chi connectivity index (χ4v) is 2.24. The average Bonchev–Trinajstić information content (AvgIpc) is 2.68. The molecule has 26 heavy (non-hydrogen) atoms. The van der Waals surface area contributed by atoms with Crippen molar-refractivity contribution < 1.29 is 14.3 Å². The number of aromatic nitrogens is 1. The summed E-state index contributed by atoms with van der Waals surface area (Å²) in [7, 11) is 0. The summed E-state index contributed by atoms with van der Waals surface area (Å²) >= 11 is 0. The standard InChI is InChI=1S/C20H17N3O3/c24-19(22-16-5-2-1-3-6-16)14-26-18-8-4-7-17(13-18)23-20(25)15-9-11-21-12-10-15/h1-13H,14H2,(H,22,24)(H,23,25). The van der Waals surface area contributed by atoms with Gasteiger partial charge < -0.3 is 15.4 Å². The van der Waals surface area contributed by atoms with Crippen molar-refractivity contribution >= 4 is 23.2 Å². The molecule has 0 spiro atoms. The van der Waals surface area contributed by atoms with E-state index in [1.807, 2.05) is 18.2 Å². The highest BCUT2D eigenvalue weighted by molar-refractivity contribution is 6.04. The van der Waals surface area contributed by atoms with Crippen LogP contribution in [0.25, 0.3) is 0 Å². The smallest absolute Gasteiger partial charge is 0.262 e. The number of rotatable bonds is 6. The Kier molecular flexibility index (Phi) is 5.57. The van der Waals surface area contributed by atoms with Gasteiger partial charge in [-0.05, 0) is 36.4 Å². The van der Waals surface area contributed by atoms with E-state index in [-0.39, 0.29) is 18.4 Å². The van der Waals surface area contributed by atoms with Crippen molar-refractivity contribution in [1.82, 2.24) is 4.98 Å². The van der Waals surface area contributed by atoms with E-state index in [4.69, 9.17) is 4.74 Å². The second kappa shape index (κ2) is 8.43. The number of pyridine rings is 1. The Morgan fingerprint density at radius 2 is 1.58 bits per heavy atom. The first-order valence-electron chi connectivity index (χ1n) is 8.00. The summed E-state index contributed by atoms with van der Waals surface area (Å²) in [6.07, 6.45) is 3.11. The van der Waals surface area contributed by atoms with Gasteiger partial charge in [0.15, 0.2) is 6.61 Å². The van der Waals surface area contributed by atoms with Crippen molar-refractivity contribution in [3.8, 4) is 5.75 Å². The number of carbonyl (C=O) groups is 2. The van der Waals surface area contributed by atoms with Crippen LogP contribution >= 0.6 is 0 Å². The van der Waals surface area contributed by atoms with Crippen molar-refractivity contribution in [2.75, 3.05) is 17.2 Å². The van der Waals surface area contributed by atoms with Crippen LogP contribution in [-0.2, 0) is 4.79 Å². The van der Waals surface area contributed by atoms with Gasteiger partial charge in [0.25, 0.3) is 11.8 Å². The van der Waals surface area contributed by atoms with E-state index in [0.29, 0.717) is 22.7 Å². The number of anilines is 2. The van der Waals surface area contributed by atoms with E-state index in [9.17, 15) is 9.59 Å². The Morgan fingerprint density at radius 1 is 0.846 bits per heavy atom. The second-order valence-corrected chi connectivity index (χ2v) is 5.42. The Bertz CT molecular complexity index is 883. The zero-order valence-corrected chi connectivity index (χ0v) is 13.9. The molecule has 6 nitrogen and oxygen atoms in total. The van der Waals surface area contributed by atoms with Crippen LogP contribution in [0, 0.1) is 0 Å². The summed E-state index contributed by atoms with van der Waals surface area (Å²) in [6.45, 7) is -0.128.